The highest BCUT2D eigenvalue weighted by molar-refractivity contribution is 5.53. The summed E-state index contributed by atoms with van der Waals surface area (Å²) in [4.78, 5) is 0. The maximum Gasteiger partial charge on any atom is 0.154 e. The zero-order valence-corrected chi connectivity index (χ0v) is 9.47. The van der Waals surface area contributed by atoms with Crippen LogP contribution in [-0.4, -0.2) is 16.7 Å². The van der Waals surface area contributed by atoms with E-state index >= 15 is 0 Å². The van der Waals surface area contributed by atoms with Gasteiger partial charge in [-0.3, -0.25) is 0 Å². The molecule has 0 aliphatic carbocycles. The summed E-state index contributed by atoms with van der Waals surface area (Å²) in [7, 11) is 0. The number of nitriles is 1. The summed E-state index contributed by atoms with van der Waals surface area (Å²) in [6, 6.07) is 9.45. The molecule has 2 rings (SSSR count). The van der Waals surface area contributed by atoms with E-state index < -0.39 is 0 Å². The molecule has 0 aliphatic heterocycles. The summed E-state index contributed by atoms with van der Waals surface area (Å²) in [6.45, 7) is 2.46. The van der Waals surface area contributed by atoms with Gasteiger partial charge in [0.15, 0.2) is 5.76 Å². The Bertz CT molecular complexity index is 524. The Morgan fingerprint density at radius 2 is 2.18 bits per heavy atom. The van der Waals surface area contributed by atoms with Crippen LogP contribution in [0.1, 0.15) is 12.2 Å². The average Bonchev–Trinajstić information content (AvgIpc) is 2.77. The fraction of sp³-hybridized carbons (Fsp3) is 0.250. The van der Waals surface area contributed by atoms with Gasteiger partial charge in [-0.25, -0.2) is 0 Å². The lowest BCUT2D eigenvalue weighted by atomic mass is 10.3. The van der Waals surface area contributed by atoms with Crippen molar-refractivity contribution in [3.05, 3.63) is 30.0 Å². The van der Waals surface area contributed by atoms with Gasteiger partial charge in [0.2, 0.25) is 0 Å². The van der Waals surface area contributed by atoms with Crippen LogP contribution < -0.4 is 5.32 Å². The summed E-state index contributed by atoms with van der Waals surface area (Å²) in [5.74, 6) is 2.21. The SMILES string of the molecule is Cc1ccc(-c2ccc(NCCC#N)nn2)o1. The highest BCUT2D eigenvalue weighted by Crippen LogP contribution is 2.19. The van der Waals surface area contributed by atoms with Crippen LogP contribution in [0, 0.1) is 18.3 Å². The molecule has 17 heavy (non-hydrogen) atoms. The standard InChI is InChI=1S/C12H12N4O/c1-9-3-5-11(17-9)10-4-6-12(16-15-10)14-8-2-7-13/h3-6H,2,8H2,1H3,(H,14,16). The highest BCUT2D eigenvalue weighted by atomic mass is 16.3. The first-order chi connectivity index (χ1) is 8.29. The second-order valence-corrected chi connectivity index (χ2v) is 3.55. The molecule has 86 valence electrons. The third kappa shape index (κ3) is 2.82. The van der Waals surface area contributed by atoms with E-state index in [1.54, 1.807) is 0 Å². The molecular formula is C12H12N4O. The fourth-order valence-corrected chi connectivity index (χ4v) is 1.38. The number of hydrogen-bond donors (Lipinski definition) is 1. The summed E-state index contributed by atoms with van der Waals surface area (Å²) in [5.41, 5.74) is 0.698. The smallest absolute Gasteiger partial charge is 0.154 e. The predicted molar refractivity (Wildman–Crippen MR) is 63.2 cm³/mol. The van der Waals surface area contributed by atoms with Gasteiger partial charge in [-0.15, -0.1) is 10.2 Å². The van der Waals surface area contributed by atoms with Crippen LogP contribution in [0.5, 0.6) is 0 Å². The van der Waals surface area contributed by atoms with E-state index in [-0.39, 0.29) is 0 Å². The first kappa shape index (κ1) is 11.1. The molecule has 0 amide bonds. The zero-order chi connectivity index (χ0) is 12.1. The van der Waals surface area contributed by atoms with Crippen molar-refractivity contribution in [3.63, 3.8) is 0 Å². The molecule has 2 aromatic rings. The van der Waals surface area contributed by atoms with Crippen molar-refractivity contribution in [2.45, 2.75) is 13.3 Å². The topological polar surface area (TPSA) is 74.7 Å². The Hall–Kier alpha value is -2.35. The fourth-order valence-electron chi connectivity index (χ4n) is 1.38. The minimum absolute atomic E-state index is 0.445. The van der Waals surface area contributed by atoms with E-state index in [1.165, 1.54) is 0 Å². The van der Waals surface area contributed by atoms with Gasteiger partial charge in [0.25, 0.3) is 0 Å². The molecule has 1 N–H and O–H groups in total. The molecule has 0 saturated heterocycles. The van der Waals surface area contributed by atoms with Crippen LogP contribution in [0.2, 0.25) is 0 Å². The first-order valence-corrected chi connectivity index (χ1v) is 5.31. The Balaban J connectivity index is 2.05. The van der Waals surface area contributed by atoms with E-state index in [0.717, 1.165) is 5.76 Å². The maximum absolute atomic E-state index is 8.40. The van der Waals surface area contributed by atoms with Gasteiger partial charge >= 0.3 is 0 Å². The van der Waals surface area contributed by atoms with Crippen LogP contribution in [0.4, 0.5) is 5.82 Å². The molecule has 5 nitrogen and oxygen atoms in total. The van der Waals surface area contributed by atoms with Gasteiger partial charge in [0.05, 0.1) is 12.5 Å². The van der Waals surface area contributed by atoms with E-state index in [0.29, 0.717) is 30.2 Å². The highest BCUT2D eigenvalue weighted by Gasteiger charge is 2.04. The zero-order valence-electron chi connectivity index (χ0n) is 9.47. The van der Waals surface area contributed by atoms with Crippen LogP contribution >= 0.6 is 0 Å². The van der Waals surface area contributed by atoms with Crippen LogP contribution in [-0.2, 0) is 0 Å². The second kappa shape index (κ2) is 5.12. The first-order valence-electron chi connectivity index (χ1n) is 5.31. The van der Waals surface area contributed by atoms with Crippen molar-refractivity contribution in [3.8, 4) is 17.5 Å². The molecule has 0 radical (unpaired) electrons. The van der Waals surface area contributed by atoms with E-state index in [2.05, 4.69) is 21.6 Å². The van der Waals surface area contributed by atoms with Gasteiger partial charge in [0.1, 0.15) is 17.3 Å². The van der Waals surface area contributed by atoms with Gasteiger partial charge in [-0.1, -0.05) is 0 Å². The lowest BCUT2D eigenvalue weighted by molar-refractivity contribution is 0.545. The van der Waals surface area contributed by atoms with Gasteiger partial charge in [-0.05, 0) is 31.2 Å². The monoisotopic (exact) mass is 228 g/mol. The van der Waals surface area contributed by atoms with Crippen LogP contribution in [0.3, 0.4) is 0 Å². The van der Waals surface area contributed by atoms with E-state index in [4.69, 9.17) is 9.68 Å². The number of rotatable bonds is 4. The third-order valence-electron chi connectivity index (χ3n) is 2.20. The summed E-state index contributed by atoms with van der Waals surface area (Å²) in [5, 5.41) is 19.5. The van der Waals surface area contributed by atoms with Crippen molar-refractivity contribution >= 4 is 5.82 Å². The maximum atomic E-state index is 8.40. The Labute approximate surface area is 99.1 Å². The van der Waals surface area contributed by atoms with E-state index in [1.807, 2.05) is 31.2 Å². The van der Waals surface area contributed by atoms with Crippen molar-refractivity contribution in [2.24, 2.45) is 0 Å². The Morgan fingerprint density at radius 3 is 2.76 bits per heavy atom. The van der Waals surface area contributed by atoms with Gasteiger partial charge in [0, 0.05) is 6.54 Å². The number of aryl methyl sites for hydroxylation is 1. The molecule has 0 spiro atoms. The number of nitrogens with one attached hydrogen (secondary N) is 1. The minimum Gasteiger partial charge on any atom is -0.460 e. The molecule has 0 saturated carbocycles. The molecule has 2 aromatic heterocycles. The molecule has 0 aromatic carbocycles. The molecule has 5 heteroatoms. The molecule has 0 fully saturated rings. The average molecular weight is 228 g/mol. The molecule has 2 heterocycles. The minimum atomic E-state index is 0.445. The Morgan fingerprint density at radius 1 is 1.29 bits per heavy atom. The molecule has 0 unspecified atom stereocenters. The molecule has 0 atom stereocenters. The quantitative estimate of drug-likeness (QED) is 0.813. The summed E-state index contributed by atoms with van der Waals surface area (Å²) < 4.78 is 5.44. The number of anilines is 1. The van der Waals surface area contributed by atoms with Crippen molar-refractivity contribution < 1.29 is 4.42 Å². The lowest BCUT2D eigenvalue weighted by Gasteiger charge is -2.01. The normalized spacial score (nSPS) is 9.88. The van der Waals surface area contributed by atoms with Crippen molar-refractivity contribution in [2.75, 3.05) is 11.9 Å². The second-order valence-electron chi connectivity index (χ2n) is 3.55. The number of aromatic nitrogens is 2. The number of furan rings is 1. The number of hydrogen-bond acceptors (Lipinski definition) is 5. The summed E-state index contributed by atoms with van der Waals surface area (Å²) >= 11 is 0. The van der Waals surface area contributed by atoms with Crippen molar-refractivity contribution in [1.82, 2.24) is 10.2 Å². The van der Waals surface area contributed by atoms with Gasteiger partial charge in [-0.2, -0.15) is 5.26 Å². The predicted octanol–water partition coefficient (Wildman–Crippen LogP) is 2.37. The number of nitrogens with zero attached hydrogens (tertiary/aromatic N) is 3. The summed E-state index contributed by atoms with van der Waals surface area (Å²) in [6.07, 6.45) is 0.445. The lowest BCUT2D eigenvalue weighted by Crippen LogP contribution is -2.03. The Kier molecular flexibility index (Phi) is 3.36. The molecule has 0 bridgehead atoms. The van der Waals surface area contributed by atoms with Crippen molar-refractivity contribution in [1.29, 1.82) is 5.26 Å². The van der Waals surface area contributed by atoms with Crippen LogP contribution in [0.15, 0.2) is 28.7 Å². The van der Waals surface area contributed by atoms with E-state index in [9.17, 15) is 0 Å². The third-order valence-corrected chi connectivity index (χ3v) is 2.20. The van der Waals surface area contributed by atoms with Crippen LogP contribution in [0.25, 0.3) is 11.5 Å². The largest absolute Gasteiger partial charge is 0.460 e. The molecular weight excluding hydrogens is 216 g/mol. The van der Waals surface area contributed by atoms with Gasteiger partial charge < -0.3 is 9.73 Å². The molecule has 0 aliphatic rings.